The normalized spacial score (nSPS) is 10.4. The number of nitrogens with two attached hydrogens (primary N) is 1. The summed E-state index contributed by atoms with van der Waals surface area (Å²) in [5.74, 6) is -1.02. The number of carbonyl (C=O) groups is 1. The summed E-state index contributed by atoms with van der Waals surface area (Å²) < 4.78 is 22.9. The van der Waals surface area contributed by atoms with E-state index in [2.05, 4.69) is 0 Å². The highest BCUT2D eigenvalue weighted by atomic mass is 35.5. The summed E-state index contributed by atoms with van der Waals surface area (Å²) in [5.41, 5.74) is 5.25. The highest BCUT2D eigenvalue weighted by Crippen LogP contribution is 2.28. The molecule has 1 aromatic carbocycles. The highest BCUT2D eigenvalue weighted by Gasteiger charge is 2.11. The first-order valence-corrected chi connectivity index (χ1v) is 5.34. The van der Waals surface area contributed by atoms with Crippen molar-refractivity contribution < 1.29 is 18.7 Å². The highest BCUT2D eigenvalue weighted by molar-refractivity contribution is 6.32. The number of hydrogen-bond donors (Lipinski definition) is 1. The molecule has 0 atom stereocenters. The van der Waals surface area contributed by atoms with Crippen molar-refractivity contribution in [1.29, 1.82) is 0 Å². The maximum absolute atomic E-state index is 13.0. The number of hydrogen-bond acceptors (Lipinski definition) is 4. The second-order valence-corrected chi connectivity index (χ2v) is 4.04. The van der Waals surface area contributed by atoms with E-state index < -0.39 is 11.8 Å². The van der Waals surface area contributed by atoms with Crippen molar-refractivity contribution >= 4 is 23.3 Å². The van der Waals surface area contributed by atoms with Crippen LogP contribution in [0.25, 0.3) is 0 Å². The van der Waals surface area contributed by atoms with Gasteiger partial charge in [-0.2, -0.15) is 0 Å². The molecule has 0 bridgehead atoms. The SMILES string of the molecule is CC(C)OC(=O)COc1cc(N)c(F)cc1Cl. The average Bonchev–Trinajstić information content (AvgIpc) is 2.20. The average molecular weight is 262 g/mol. The molecule has 17 heavy (non-hydrogen) atoms. The van der Waals surface area contributed by atoms with Gasteiger partial charge in [0.25, 0.3) is 0 Å². The molecule has 1 aromatic rings. The summed E-state index contributed by atoms with van der Waals surface area (Å²) in [4.78, 5) is 11.2. The third-order valence-corrected chi connectivity index (χ3v) is 2.06. The molecule has 0 heterocycles. The molecule has 0 aliphatic heterocycles. The minimum atomic E-state index is -0.632. The predicted molar refractivity (Wildman–Crippen MR) is 62.5 cm³/mol. The standard InChI is InChI=1S/C11H13ClFNO3/c1-6(2)17-11(15)5-16-10-4-9(14)8(13)3-7(10)12/h3-4,6H,5,14H2,1-2H3. The zero-order chi connectivity index (χ0) is 13.0. The van der Waals surface area contributed by atoms with Crippen molar-refractivity contribution in [1.82, 2.24) is 0 Å². The molecule has 0 aliphatic carbocycles. The Morgan fingerprint density at radius 3 is 2.76 bits per heavy atom. The van der Waals surface area contributed by atoms with Crippen molar-refractivity contribution in [2.24, 2.45) is 0 Å². The lowest BCUT2D eigenvalue weighted by molar-refractivity contribution is -0.149. The molecule has 4 nitrogen and oxygen atoms in total. The number of rotatable bonds is 4. The summed E-state index contributed by atoms with van der Waals surface area (Å²) in [6.45, 7) is 3.14. The van der Waals surface area contributed by atoms with Gasteiger partial charge in [0, 0.05) is 6.07 Å². The molecule has 0 radical (unpaired) electrons. The van der Waals surface area contributed by atoms with E-state index in [-0.39, 0.29) is 29.2 Å². The summed E-state index contributed by atoms with van der Waals surface area (Å²) in [5, 5.41) is 0.0500. The van der Waals surface area contributed by atoms with E-state index in [1.807, 2.05) is 0 Å². The molecule has 0 aliphatic rings. The topological polar surface area (TPSA) is 61.5 Å². The smallest absolute Gasteiger partial charge is 0.344 e. The van der Waals surface area contributed by atoms with Crippen LogP contribution in [0.3, 0.4) is 0 Å². The van der Waals surface area contributed by atoms with E-state index in [1.54, 1.807) is 13.8 Å². The minimum Gasteiger partial charge on any atom is -0.480 e. The van der Waals surface area contributed by atoms with Gasteiger partial charge < -0.3 is 15.2 Å². The van der Waals surface area contributed by atoms with E-state index in [0.717, 1.165) is 6.07 Å². The fraction of sp³-hybridized carbons (Fsp3) is 0.364. The molecule has 0 fully saturated rings. The first-order chi connectivity index (χ1) is 7.90. The lowest BCUT2D eigenvalue weighted by atomic mass is 10.3. The Kier molecular flexibility index (Phi) is 4.57. The third-order valence-electron chi connectivity index (χ3n) is 1.76. The second kappa shape index (κ2) is 5.72. The fourth-order valence-electron chi connectivity index (χ4n) is 1.09. The van der Waals surface area contributed by atoms with Gasteiger partial charge in [0.05, 0.1) is 16.8 Å². The first-order valence-electron chi connectivity index (χ1n) is 4.97. The van der Waals surface area contributed by atoms with Gasteiger partial charge in [-0.1, -0.05) is 11.6 Å². The van der Waals surface area contributed by atoms with Crippen molar-refractivity contribution in [3.05, 3.63) is 23.0 Å². The molecule has 1 rings (SSSR count). The van der Waals surface area contributed by atoms with E-state index in [9.17, 15) is 9.18 Å². The molecule has 0 saturated heterocycles. The third kappa shape index (κ3) is 4.11. The lowest BCUT2D eigenvalue weighted by Gasteiger charge is -2.10. The molecule has 0 aromatic heterocycles. The Morgan fingerprint density at radius 2 is 2.18 bits per heavy atom. The van der Waals surface area contributed by atoms with Crippen LogP contribution in [0.1, 0.15) is 13.8 Å². The largest absolute Gasteiger partial charge is 0.480 e. The van der Waals surface area contributed by atoms with Gasteiger partial charge in [-0.3, -0.25) is 0 Å². The van der Waals surface area contributed by atoms with Crippen LogP contribution in [-0.2, 0) is 9.53 Å². The van der Waals surface area contributed by atoms with Crippen LogP contribution < -0.4 is 10.5 Å². The van der Waals surface area contributed by atoms with Crippen LogP contribution in [0.15, 0.2) is 12.1 Å². The fourth-order valence-corrected chi connectivity index (χ4v) is 1.29. The van der Waals surface area contributed by atoms with Gasteiger partial charge in [-0.15, -0.1) is 0 Å². The monoisotopic (exact) mass is 261 g/mol. The van der Waals surface area contributed by atoms with Crippen LogP contribution in [0.2, 0.25) is 5.02 Å². The van der Waals surface area contributed by atoms with Gasteiger partial charge in [-0.25, -0.2) is 9.18 Å². The summed E-state index contributed by atoms with van der Waals surface area (Å²) in [7, 11) is 0. The van der Waals surface area contributed by atoms with Gasteiger partial charge in [0.15, 0.2) is 6.61 Å². The molecule has 0 saturated carbocycles. The molecule has 2 N–H and O–H groups in total. The van der Waals surface area contributed by atoms with Crippen molar-refractivity contribution in [2.45, 2.75) is 20.0 Å². The van der Waals surface area contributed by atoms with E-state index >= 15 is 0 Å². The molecule has 0 unspecified atom stereocenters. The van der Waals surface area contributed by atoms with Crippen molar-refractivity contribution in [3.8, 4) is 5.75 Å². The Bertz CT molecular complexity index is 423. The quantitative estimate of drug-likeness (QED) is 0.668. The molecule has 0 amide bonds. The van der Waals surface area contributed by atoms with Gasteiger partial charge >= 0.3 is 5.97 Å². The van der Waals surface area contributed by atoms with Crippen LogP contribution >= 0.6 is 11.6 Å². The molecule has 0 spiro atoms. The number of halogens is 2. The number of anilines is 1. The van der Waals surface area contributed by atoms with Crippen LogP contribution in [0.4, 0.5) is 10.1 Å². The molecule has 6 heteroatoms. The first kappa shape index (κ1) is 13.6. The Morgan fingerprint density at radius 1 is 1.53 bits per heavy atom. The molecular weight excluding hydrogens is 249 g/mol. The van der Waals surface area contributed by atoms with Crippen LogP contribution in [0.5, 0.6) is 5.75 Å². The van der Waals surface area contributed by atoms with Gasteiger partial charge in [0.2, 0.25) is 0 Å². The van der Waals surface area contributed by atoms with Crippen LogP contribution in [0, 0.1) is 5.82 Å². The van der Waals surface area contributed by atoms with Gasteiger partial charge in [-0.05, 0) is 19.9 Å². The summed E-state index contributed by atoms with van der Waals surface area (Å²) in [6.07, 6.45) is -0.222. The zero-order valence-electron chi connectivity index (χ0n) is 9.50. The number of benzene rings is 1. The predicted octanol–water partition coefficient (Wildman–Crippen LogP) is 2.39. The lowest BCUT2D eigenvalue weighted by Crippen LogP contribution is -2.18. The molecular formula is C11H13ClFNO3. The minimum absolute atomic E-state index is 0.0500. The van der Waals surface area contributed by atoms with E-state index in [0.29, 0.717) is 0 Å². The number of nitrogen functional groups attached to an aromatic ring is 1. The summed E-state index contributed by atoms with van der Waals surface area (Å²) in [6, 6.07) is 2.25. The molecule has 94 valence electrons. The number of carbonyl (C=O) groups excluding carboxylic acids is 1. The van der Waals surface area contributed by atoms with Gasteiger partial charge in [0.1, 0.15) is 11.6 Å². The number of esters is 1. The van der Waals surface area contributed by atoms with Crippen molar-refractivity contribution in [3.63, 3.8) is 0 Å². The Hall–Kier alpha value is -1.49. The second-order valence-electron chi connectivity index (χ2n) is 3.63. The number of ether oxygens (including phenoxy) is 2. The Labute approximate surface area is 103 Å². The van der Waals surface area contributed by atoms with E-state index in [4.69, 9.17) is 26.8 Å². The Balaban J connectivity index is 2.63. The van der Waals surface area contributed by atoms with Crippen molar-refractivity contribution in [2.75, 3.05) is 12.3 Å². The van der Waals surface area contributed by atoms with E-state index in [1.165, 1.54) is 6.07 Å². The van der Waals surface area contributed by atoms with Crippen LogP contribution in [-0.4, -0.2) is 18.7 Å². The zero-order valence-corrected chi connectivity index (χ0v) is 10.3. The summed E-state index contributed by atoms with van der Waals surface area (Å²) >= 11 is 5.72. The maximum atomic E-state index is 13.0. The maximum Gasteiger partial charge on any atom is 0.344 e.